The molecule has 0 fully saturated rings. The zero-order chi connectivity index (χ0) is 17.4. The van der Waals surface area contributed by atoms with E-state index < -0.39 is 0 Å². The monoisotopic (exact) mass is 349 g/mol. The van der Waals surface area contributed by atoms with Crippen LogP contribution in [0.25, 0.3) is 0 Å². The summed E-state index contributed by atoms with van der Waals surface area (Å²) in [6.07, 6.45) is 0.900. The molecule has 0 spiro atoms. The quantitative estimate of drug-likeness (QED) is 0.175. The molecule has 24 heavy (non-hydrogen) atoms. The molecule has 2 rings (SSSR count). The largest absolute Gasteiger partial charge is 0.409 e. The van der Waals surface area contributed by atoms with Gasteiger partial charge in [0.2, 0.25) is 11.7 Å². The number of thioether (sulfide) groups is 1. The molecule has 9 heteroatoms. The van der Waals surface area contributed by atoms with Crippen LogP contribution in [-0.4, -0.2) is 39.6 Å². The molecular formula is C15H19N5O3S. The third-order valence-electron chi connectivity index (χ3n) is 3.10. The van der Waals surface area contributed by atoms with Crippen molar-refractivity contribution in [3.63, 3.8) is 0 Å². The van der Waals surface area contributed by atoms with Gasteiger partial charge >= 0.3 is 0 Å². The van der Waals surface area contributed by atoms with E-state index in [0.717, 1.165) is 17.7 Å². The lowest BCUT2D eigenvalue weighted by Gasteiger charge is -2.08. The van der Waals surface area contributed by atoms with Crippen molar-refractivity contribution in [1.82, 2.24) is 15.6 Å². The van der Waals surface area contributed by atoms with E-state index in [1.165, 1.54) is 18.7 Å². The van der Waals surface area contributed by atoms with Crippen LogP contribution in [0.3, 0.4) is 0 Å². The number of carbonyl (C=O) groups is 1. The molecular weight excluding hydrogens is 330 g/mol. The molecule has 0 saturated heterocycles. The fraction of sp³-hybridized carbons (Fsp3) is 0.333. The Kier molecular flexibility index (Phi) is 6.62. The van der Waals surface area contributed by atoms with Gasteiger partial charge in [-0.3, -0.25) is 4.79 Å². The number of aromatic nitrogens is 2. The molecule has 0 radical (unpaired) electrons. The number of aryl methyl sites for hydroxylation is 1. The normalized spacial score (nSPS) is 11.3. The maximum atomic E-state index is 10.9. The first-order chi connectivity index (χ1) is 11.6. The van der Waals surface area contributed by atoms with Crippen molar-refractivity contribution >= 4 is 29.2 Å². The second-order valence-corrected chi connectivity index (χ2v) is 5.96. The minimum atomic E-state index is -0.0933. The number of benzene rings is 1. The van der Waals surface area contributed by atoms with Gasteiger partial charge in [-0.15, -0.1) is 0 Å². The maximum absolute atomic E-state index is 10.9. The molecule has 0 unspecified atom stereocenters. The lowest BCUT2D eigenvalue weighted by atomic mass is 10.1. The number of nitrogens with zero attached hydrogens (tertiary/aromatic N) is 3. The smallest absolute Gasteiger partial charge is 0.216 e. The lowest BCUT2D eigenvalue weighted by molar-refractivity contribution is -0.118. The molecule has 3 N–H and O–H groups in total. The predicted molar refractivity (Wildman–Crippen MR) is 91.5 cm³/mol. The van der Waals surface area contributed by atoms with E-state index in [-0.39, 0.29) is 11.7 Å². The predicted octanol–water partition coefficient (Wildman–Crippen LogP) is 2.11. The van der Waals surface area contributed by atoms with E-state index >= 15 is 0 Å². The Morgan fingerprint density at radius 1 is 1.42 bits per heavy atom. The Morgan fingerprint density at radius 2 is 2.25 bits per heavy atom. The van der Waals surface area contributed by atoms with Crippen LogP contribution in [-0.2, 0) is 11.2 Å². The number of nitrogens with one attached hydrogen (secondary N) is 2. The minimum absolute atomic E-state index is 0.0933. The van der Waals surface area contributed by atoms with Gasteiger partial charge in [-0.05, 0) is 34.4 Å². The average molecular weight is 349 g/mol. The SMILES string of the molecule is CCc1cccc(N/C(=N\O)c2nonc2SCCNC(C)=O)c1. The van der Waals surface area contributed by atoms with E-state index in [9.17, 15) is 10.0 Å². The third-order valence-corrected chi connectivity index (χ3v) is 4.05. The number of amidine groups is 1. The van der Waals surface area contributed by atoms with Gasteiger partial charge in [0.25, 0.3) is 0 Å². The number of hydrogen-bond donors (Lipinski definition) is 3. The third kappa shape index (κ3) is 4.98. The van der Waals surface area contributed by atoms with Crippen molar-refractivity contribution in [3.8, 4) is 0 Å². The molecule has 1 heterocycles. The summed E-state index contributed by atoms with van der Waals surface area (Å²) in [7, 11) is 0. The Labute approximate surface area is 143 Å². The summed E-state index contributed by atoms with van der Waals surface area (Å²) in [4.78, 5) is 10.9. The number of anilines is 1. The van der Waals surface area contributed by atoms with E-state index in [1.54, 1.807) is 0 Å². The van der Waals surface area contributed by atoms with Crippen LogP contribution in [0.4, 0.5) is 5.69 Å². The summed E-state index contributed by atoms with van der Waals surface area (Å²) in [5.41, 5.74) is 2.24. The zero-order valence-electron chi connectivity index (χ0n) is 13.4. The standard InChI is InChI=1S/C15H19N5O3S/c1-3-11-5-4-6-12(9-11)17-14(18-22)13-15(20-23-19-13)24-8-7-16-10(2)21/h4-6,9,22H,3,7-8H2,1-2H3,(H,16,21)(H,17,18). The second-order valence-electron chi connectivity index (χ2n) is 4.88. The Balaban J connectivity index is 2.05. The lowest BCUT2D eigenvalue weighted by Crippen LogP contribution is -2.22. The molecule has 0 bridgehead atoms. The highest BCUT2D eigenvalue weighted by Gasteiger charge is 2.18. The van der Waals surface area contributed by atoms with E-state index in [0.29, 0.717) is 23.0 Å². The van der Waals surface area contributed by atoms with Crippen LogP contribution in [0.1, 0.15) is 25.1 Å². The number of hydrogen-bond acceptors (Lipinski definition) is 7. The molecule has 0 saturated carbocycles. The van der Waals surface area contributed by atoms with Gasteiger partial charge in [-0.2, -0.15) is 0 Å². The molecule has 0 aliphatic heterocycles. The Morgan fingerprint density at radius 3 is 2.96 bits per heavy atom. The first-order valence-electron chi connectivity index (χ1n) is 7.42. The summed E-state index contributed by atoms with van der Waals surface area (Å²) >= 11 is 1.34. The summed E-state index contributed by atoms with van der Waals surface area (Å²) in [5.74, 6) is 0.640. The van der Waals surface area contributed by atoms with E-state index in [2.05, 4.69) is 33.0 Å². The van der Waals surface area contributed by atoms with Crippen LogP contribution in [0, 0.1) is 0 Å². The van der Waals surface area contributed by atoms with Crippen molar-refractivity contribution in [2.45, 2.75) is 25.3 Å². The van der Waals surface area contributed by atoms with Crippen molar-refractivity contribution in [1.29, 1.82) is 0 Å². The highest BCUT2D eigenvalue weighted by atomic mass is 32.2. The molecule has 0 aliphatic carbocycles. The number of rotatable bonds is 7. The molecule has 2 aromatic rings. The summed E-state index contributed by atoms with van der Waals surface area (Å²) in [6, 6.07) is 7.76. The summed E-state index contributed by atoms with van der Waals surface area (Å²) in [6.45, 7) is 4.01. The van der Waals surface area contributed by atoms with Gasteiger partial charge in [0, 0.05) is 24.9 Å². The van der Waals surface area contributed by atoms with Gasteiger partial charge in [0.05, 0.1) is 0 Å². The van der Waals surface area contributed by atoms with Gasteiger partial charge in [-0.25, -0.2) is 4.63 Å². The molecule has 0 atom stereocenters. The second kappa shape index (κ2) is 8.92. The molecule has 1 aromatic heterocycles. The molecule has 1 aromatic carbocycles. The van der Waals surface area contributed by atoms with Crippen LogP contribution < -0.4 is 10.6 Å². The molecule has 8 nitrogen and oxygen atoms in total. The minimum Gasteiger partial charge on any atom is -0.409 e. The zero-order valence-corrected chi connectivity index (χ0v) is 14.3. The van der Waals surface area contributed by atoms with Crippen LogP contribution in [0.5, 0.6) is 0 Å². The van der Waals surface area contributed by atoms with Gasteiger partial charge < -0.3 is 15.8 Å². The van der Waals surface area contributed by atoms with Gasteiger partial charge in [0.1, 0.15) is 0 Å². The van der Waals surface area contributed by atoms with E-state index in [4.69, 9.17) is 4.63 Å². The topological polar surface area (TPSA) is 113 Å². The number of amides is 1. The Bertz CT molecular complexity index is 717. The van der Waals surface area contributed by atoms with Crippen molar-refractivity contribution in [3.05, 3.63) is 35.5 Å². The average Bonchev–Trinajstić information content (AvgIpc) is 3.05. The van der Waals surface area contributed by atoms with Crippen LogP contribution in [0.15, 0.2) is 39.1 Å². The van der Waals surface area contributed by atoms with Crippen molar-refractivity contribution < 1.29 is 14.6 Å². The first kappa shape index (κ1) is 17.8. The number of oxime groups is 1. The highest BCUT2D eigenvalue weighted by Crippen LogP contribution is 2.20. The van der Waals surface area contributed by atoms with Crippen molar-refractivity contribution in [2.24, 2.45) is 5.16 Å². The maximum Gasteiger partial charge on any atom is 0.216 e. The molecule has 128 valence electrons. The summed E-state index contributed by atoms with van der Waals surface area (Å²) in [5, 5.41) is 26.3. The first-order valence-corrected chi connectivity index (χ1v) is 8.40. The number of carbonyl (C=O) groups excluding carboxylic acids is 1. The summed E-state index contributed by atoms with van der Waals surface area (Å²) < 4.78 is 4.75. The van der Waals surface area contributed by atoms with Crippen LogP contribution in [0.2, 0.25) is 0 Å². The molecule has 0 aliphatic rings. The van der Waals surface area contributed by atoms with E-state index in [1.807, 2.05) is 24.3 Å². The van der Waals surface area contributed by atoms with Crippen molar-refractivity contribution in [2.75, 3.05) is 17.6 Å². The van der Waals surface area contributed by atoms with Gasteiger partial charge in [0.15, 0.2) is 10.7 Å². The fourth-order valence-corrected chi connectivity index (χ4v) is 2.69. The fourth-order valence-electron chi connectivity index (χ4n) is 1.93. The highest BCUT2D eigenvalue weighted by molar-refractivity contribution is 7.99. The van der Waals surface area contributed by atoms with Gasteiger partial charge in [-0.1, -0.05) is 36.0 Å². The Hall–Kier alpha value is -2.55. The van der Waals surface area contributed by atoms with Crippen LogP contribution >= 0.6 is 11.8 Å². The molecule has 1 amide bonds.